The van der Waals surface area contributed by atoms with Crippen LogP contribution < -0.4 is 4.87 Å². The van der Waals surface area contributed by atoms with Gasteiger partial charge in [0, 0.05) is 24.7 Å². The molecule has 0 fully saturated rings. The van der Waals surface area contributed by atoms with Crippen molar-refractivity contribution >= 4 is 51.5 Å². The minimum Gasteiger partial charge on any atom is -0.462 e. The highest BCUT2D eigenvalue weighted by Gasteiger charge is 2.30. The summed E-state index contributed by atoms with van der Waals surface area (Å²) in [7, 11) is -1.20. The molecule has 0 unspecified atom stereocenters. The summed E-state index contributed by atoms with van der Waals surface area (Å²) in [5.41, 5.74) is 1.61. The number of halogens is 1. The number of nitrogens with zero attached hydrogens (tertiary/aromatic N) is 1. The van der Waals surface area contributed by atoms with Crippen LogP contribution in [0.1, 0.15) is 58.8 Å². The summed E-state index contributed by atoms with van der Waals surface area (Å²) in [5.74, 6) is -0.281. The van der Waals surface area contributed by atoms with Crippen LogP contribution in [0.4, 0.5) is 0 Å². The van der Waals surface area contributed by atoms with Crippen LogP contribution in [0.25, 0.3) is 10.2 Å². The average Bonchev–Trinajstić information content (AvgIpc) is 2.95. The van der Waals surface area contributed by atoms with Gasteiger partial charge in [-0.15, -0.1) is 0 Å². The minimum absolute atomic E-state index is 0.0623. The molecule has 192 valence electrons. The molecule has 0 aliphatic carbocycles. The number of carbonyl (C=O) groups excluding carboxylic acids is 1. The maximum atomic E-state index is 12.8. The van der Waals surface area contributed by atoms with Gasteiger partial charge in [0.2, 0.25) is 0 Å². The Kier molecular flexibility index (Phi) is 9.41. The molecule has 2 rings (SSSR count). The van der Waals surface area contributed by atoms with Gasteiger partial charge in [-0.05, 0) is 82.1 Å². The van der Waals surface area contributed by atoms with Gasteiger partial charge >= 0.3 is 10.8 Å². The highest BCUT2D eigenvalue weighted by atomic mass is 79.9. The number of aryl methyl sites for hydroxylation is 1. The lowest BCUT2D eigenvalue weighted by Crippen LogP contribution is -2.30. The van der Waals surface area contributed by atoms with Crippen LogP contribution in [-0.4, -0.2) is 37.4 Å². The lowest BCUT2D eigenvalue weighted by Gasteiger charge is -2.30. The molecule has 0 saturated carbocycles. The molecule has 34 heavy (non-hydrogen) atoms. The summed E-state index contributed by atoms with van der Waals surface area (Å²) in [4.78, 5) is 25.2. The van der Waals surface area contributed by atoms with Crippen molar-refractivity contribution in [2.24, 2.45) is 5.41 Å². The van der Waals surface area contributed by atoms with Crippen molar-refractivity contribution in [2.75, 3.05) is 13.2 Å². The second kappa shape index (κ2) is 10.9. The fourth-order valence-corrected chi connectivity index (χ4v) is 6.00. The molecule has 0 bridgehead atoms. The van der Waals surface area contributed by atoms with Crippen molar-refractivity contribution in [3.8, 4) is 0 Å². The molecule has 0 spiro atoms. The Bertz CT molecular complexity index is 1070. The largest absolute Gasteiger partial charge is 0.462 e. The van der Waals surface area contributed by atoms with E-state index in [9.17, 15) is 9.59 Å². The van der Waals surface area contributed by atoms with E-state index in [0.29, 0.717) is 6.61 Å². The number of hydrogen-bond acceptors (Lipinski definition) is 6. The molecule has 0 amide bonds. The molecule has 1 atom stereocenters. The summed E-state index contributed by atoms with van der Waals surface area (Å²) < 4.78 is 21.2. The van der Waals surface area contributed by atoms with E-state index in [1.165, 1.54) is 11.3 Å². The van der Waals surface area contributed by atoms with Crippen LogP contribution in [0.15, 0.2) is 15.3 Å². The molecule has 1 aromatic carbocycles. The lowest BCUT2D eigenvalue weighted by molar-refractivity contribution is -0.162. The van der Waals surface area contributed by atoms with Crippen molar-refractivity contribution in [3.63, 3.8) is 0 Å². The van der Waals surface area contributed by atoms with Crippen molar-refractivity contribution < 1.29 is 19.0 Å². The zero-order valence-electron chi connectivity index (χ0n) is 22.3. The molecule has 0 aliphatic rings. The first-order chi connectivity index (χ1) is 15.4. The van der Waals surface area contributed by atoms with E-state index in [1.807, 2.05) is 54.5 Å². The molecular weight excluding hydrogens is 534 g/mol. The second-order valence-corrected chi connectivity index (χ2v) is 19.4. The minimum atomic E-state index is -1.20. The number of fused-ring (bicyclic) bond motifs is 1. The molecule has 9 heteroatoms. The zero-order valence-corrected chi connectivity index (χ0v) is 25.7. The summed E-state index contributed by atoms with van der Waals surface area (Å²) in [6, 6.07) is 3.05. The highest BCUT2D eigenvalue weighted by molar-refractivity contribution is 9.10. The van der Waals surface area contributed by atoms with Gasteiger partial charge in [0.15, 0.2) is 0 Å². The molecular formula is C25H40BrNO5SSi. The van der Waals surface area contributed by atoms with E-state index in [2.05, 4.69) is 35.6 Å². The number of ether oxygens (including phenoxy) is 3. The van der Waals surface area contributed by atoms with Crippen LogP contribution >= 0.6 is 27.3 Å². The maximum Gasteiger partial charge on any atom is 0.311 e. The number of aromatic nitrogens is 1. The Labute approximate surface area is 217 Å². The number of hydrogen-bond donors (Lipinski definition) is 0. The van der Waals surface area contributed by atoms with Gasteiger partial charge in [-0.3, -0.25) is 14.2 Å². The summed E-state index contributed by atoms with van der Waals surface area (Å²) >= 11 is 4.93. The van der Waals surface area contributed by atoms with Crippen LogP contribution in [0.2, 0.25) is 25.7 Å². The van der Waals surface area contributed by atoms with E-state index in [0.717, 1.165) is 31.9 Å². The van der Waals surface area contributed by atoms with Gasteiger partial charge in [-0.2, -0.15) is 0 Å². The third-order valence-corrected chi connectivity index (χ3v) is 8.96. The highest BCUT2D eigenvalue weighted by Crippen LogP contribution is 2.39. The Morgan fingerprint density at radius 2 is 1.79 bits per heavy atom. The Morgan fingerprint density at radius 3 is 2.32 bits per heavy atom. The smallest absolute Gasteiger partial charge is 0.311 e. The lowest BCUT2D eigenvalue weighted by atomic mass is 9.97. The van der Waals surface area contributed by atoms with E-state index < -0.39 is 25.2 Å². The molecule has 1 aromatic heterocycles. The predicted octanol–water partition coefficient (Wildman–Crippen LogP) is 6.89. The van der Waals surface area contributed by atoms with Crippen molar-refractivity contribution in [2.45, 2.75) is 92.6 Å². The Morgan fingerprint density at radius 1 is 1.18 bits per heavy atom. The zero-order chi connectivity index (χ0) is 26.1. The molecule has 6 nitrogen and oxygen atoms in total. The van der Waals surface area contributed by atoms with Crippen molar-refractivity contribution in [1.82, 2.24) is 4.57 Å². The molecule has 0 radical (unpaired) electrons. The van der Waals surface area contributed by atoms with Crippen molar-refractivity contribution in [3.05, 3.63) is 31.3 Å². The molecule has 0 saturated heterocycles. The molecule has 2 aromatic rings. The summed E-state index contributed by atoms with van der Waals surface area (Å²) in [6.45, 7) is 21.3. The SMILES string of the molecule is Cc1cc2c(sc(=O)n2COCC[Si](C)(C)C)c(Br)c1[C@@H](COC(=O)C(C)(C)C)OC(C)(C)C. The van der Waals surface area contributed by atoms with Gasteiger partial charge in [0.25, 0.3) is 0 Å². The first-order valence-electron chi connectivity index (χ1n) is 11.7. The summed E-state index contributed by atoms with van der Waals surface area (Å²) in [6.07, 6.45) is -0.483. The van der Waals surface area contributed by atoms with E-state index >= 15 is 0 Å². The standard InChI is InChI=1S/C25H40BrNO5SSi/c1-16-13-17-21(33-23(29)27(17)15-30-11-12-34(8,9)10)20(26)19(16)18(32-25(5,6)7)14-31-22(28)24(2,3)4/h13,18H,11-12,14-15H2,1-10H3/t18-/m1/s1. The van der Waals surface area contributed by atoms with Gasteiger partial charge in [-0.1, -0.05) is 31.0 Å². The maximum absolute atomic E-state index is 12.8. The van der Waals surface area contributed by atoms with Crippen LogP contribution in [0.3, 0.4) is 0 Å². The topological polar surface area (TPSA) is 66.8 Å². The predicted molar refractivity (Wildman–Crippen MR) is 147 cm³/mol. The number of benzene rings is 1. The summed E-state index contributed by atoms with van der Waals surface area (Å²) in [5, 5.41) is 0. The number of rotatable bonds is 9. The molecule has 0 N–H and O–H groups in total. The quantitative estimate of drug-likeness (QED) is 0.185. The average molecular weight is 575 g/mol. The number of carbonyl (C=O) groups is 1. The van der Waals surface area contributed by atoms with Gasteiger partial charge in [0.1, 0.15) is 19.4 Å². The number of thiazole rings is 1. The van der Waals surface area contributed by atoms with Gasteiger partial charge < -0.3 is 14.2 Å². The fourth-order valence-electron chi connectivity index (χ4n) is 3.32. The Hall–Kier alpha value is -1.00. The second-order valence-electron chi connectivity index (χ2n) is 12.0. The van der Waals surface area contributed by atoms with E-state index in [-0.39, 0.29) is 24.2 Å². The van der Waals surface area contributed by atoms with Crippen LogP contribution in [-0.2, 0) is 25.7 Å². The first-order valence-corrected chi connectivity index (χ1v) is 17.0. The normalized spacial score (nSPS) is 14.0. The number of esters is 1. The molecule has 0 aliphatic heterocycles. The van der Waals surface area contributed by atoms with Gasteiger partial charge in [0.05, 0.1) is 21.2 Å². The third-order valence-electron chi connectivity index (χ3n) is 5.16. The van der Waals surface area contributed by atoms with Crippen LogP contribution in [0, 0.1) is 12.3 Å². The first kappa shape index (κ1) is 29.2. The van der Waals surface area contributed by atoms with Gasteiger partial charge in [-0.25, -0.2) is 0 Å². The van der Waals surface area contributed by atoms with E-state index in [1.54, 1.807) is 4.57 Å². The van der Waals surface area contributed by atoms with E-state index in [4.69, 9.17) is 14.2 Å². The monoisotopic (exact) mass is 573 g/mol. The third kappa shape index (κ3) is 8.01. The Balaban J connectivity index is 2.41. The fraction of sp³-hybridized carbons (Fsp3) is 0.680. The molecule has 1 heterocycles. The van der Waals surface area contributed by atoms with Crippen molar-refractivity contribution in [1.29, 1.82) is 0 Å². The van der Waals surface area contributed by atoms with Crippen LogP contribution in [0.5, 0.6) is 0 Å².